The van der Waals surface area contributed by atoms with Crippen LogP contribution in [0.25, 0.3) is 0 Å². The van der Waals surface area contributed by atoms with E-state index >= 15 is 0 Å². The predicted molar refractivity (Wildman–Crippen MR) is 86.0 cm³/mol. The number of para-hydroxylation sites is 1. The molecule has 1 aliphatic heterocycles. The van der Waals surface area contributed by atoms with Gasteiger partial charge in [0, 0.05) is 19.3 Å². The van der Waals surface area contributed by atoms with Crippen molar-refractivity contribution in [3.63, 3.8) is 0 Å². The molecule has 0 saturated carbocycles. The van der Waals surface area contributed by atoms with Crippen LogP contribution in [0, 0.1) is 11.6 Å². The quantitative estimate of drug-likeness (QED) is 0.934. The van der Waals surface area contributed by atoms with Gasteiger partial charge in [-0.15, -0.1) is 0 Å². The molecule has 1 amide bonds. The first-order chi connectivity index (χ1) is 11.6. The predicted octanol–water partition coefficient (Wildman–Crippen LogP) is 3.51. The van der Waals surface area contributed by atoms with Gasteiger partial charge in [-0.1, -0.05) is 18.9 Å². The Bertz CT molecular complexity index is 710. The molecule has 0 unspecified atom stereocenters. The van der Waals surface area contributed by atoms with Crippen LogP contribution in [0.5, 0.6) is 0 Å². The fourth-order valence-corrected chi connectivity index (χ4v) is 2.70. The number of benzene rings is 1. The number of likely N-dealkylation sites (tertiary alicyclic amines) is 1. The SMILES string of the molecule is O=C(c1ccnc(Nc2c(F)cccc2F)n1)N1CCCCCC1. The summed E-state index contributed by atoms with van der Waals surface area (Å²) in [4.78, 5) is 22.4. The lowest BCUT2D eigenvalue weighted by Gasteiger charge is -2.19. The van der Waals surface area contributed by atoms with Crippen LogP contribution in [-0.2, 0) is 0 Å². The molecular formula is C17H18F2N4O. The molecule has 1 aliphatic rings. The Hall–Kier alpha value is -2.57. The minimum absolute atomic E-state index is 0.0142. The molecule has 0 radical (unpaired) electrons. The summed E-state index contributed by atoms with van der Waals surface area (Å²) < 4.78 is 27.4. The van der Waals surface area contributed by atoms with Gasteiger partial charge in [-0.3, -0.25) is 4.79 Å². The fraction of sp³-hybridized carbons (Fsp3) is 0.353. The number of rotatable bonds is 3. The Labute approximate surface area is 138 Å². The molecule has 1 fully saturated rings. The standard InChI is InChI=1S/C17H18F2N4O/c18-12-6-5-7-13(19)15(12)22-17-20-9-8-14(21-17)16(24)23-10-3-1-2-4-11-23/h5-9H,1-4,10-11H2,(H,20,21,22). The van der Waals surface area contributed by atoms with Crippen molar-refractivity contribution < 1.29 is 13.6 Å². The highest BCUT2D eigenvalue weighted by Crippen LogP contribution is 2.21. The van der Waals surface area contributed by atoms with Gasteiger partial charge < -0.3 is 10.2 Å². The Morgan fingerprint density at radius 1 is 1.04 bits per heavy atom. The number of anilines is 2. The van der Waals surface area contributed by atoms with Crippen molar-refractivity contribution in [1.29, 1.82) is 0 Å². The molecule has 126 valence electrons. The number of aromatic nitrogens is 2. The number of amides is 1. The Morgan fingerprint density at radius 3 is 2.38 bits per heavy atom. The molecule has 24 heavy (non-hydrogen) atoms. The van der Waals surface area contributed by atoms with Crippen LogP contribution in [0.1, 0.15) is 36.2 Å². The average Bonchev–Trinajstić information content (AvgIpc) is 2.87. The lowest BCUT2D eigenvalue weighted by atomic mass is 10.2. The summed E-state index contributed by atoms with van der Waals surface area (Å²) in [5, 5.41) is 2.51. The molecule has 2 aromatic rings. The first kappa shape index (κ1) is 16.3. The number of carbonyl (C=O) groups is 1. The number of nitrogens with zero attached hydrogens (tertiary/aromatic N) is 3. The molecule has 1 N–H and O–H groups in total. The van der Waals surface area contributed by atoms with Crippen LogP contribution in [0.15, 0.2) is 30.5 Å². The van der Waals surface area contributed by atoms with E-state index in [9.17, 15) is 13.6 Å². The van der Waals surface area contributed by atoms with E-state index in [0.29, 0.717) is 13.1 Å². The molecular weight excluding hydrogens is 314 g/mol. The van der Waals surface area contributed by atoms with E-state index in [0.717, 1.165) is 37.8 Å². The van der Waals surface area contributed by atoms with Gasteiger partial charge in [0.05, 0.1) is 0 Å². The lowest BCUT2D eigenvalue weighted by molar-refractivity contribution is 0.0755. The van der Waals surface area contributed by atoms with Gasteiger partial charge in [-0.2, -0.15) is 0 Å². The Balaban J connectivity index is 1.80. The second kappa shape index (κ2) is 7.33. The molecule has 0 bridgehead atoms. The van der Waals surface area contributed by atoms with Crippen LogP contribution < -0.4 is 5.32 Å². The van der Waals surface area contributed by atoms with Crippen LogP contribution in [0.2, 0.25) is 0 Å². The zero-order chi connectivity index (χ0) is 16.9. The van der Waals surface area contributed by atoms with E-state index in [2.05, 4.69) is 15.3 Å². The van der Waals surface area contributed by atoms with E-state index in [1.54, 1.807) is 4.90 Å². The zero-order valence-corrected chi connectivity index (χ0v) is 13.1. The van der Waals surface area contributed by atoms with Gasteiger partial charge in [0.2, 0.25) is 5.95 Å². The summed E-state index contributed by atoms with van der Waals surface area (Å²) in [5.74, 6) is -1.69. The van der Waals surface area contributed by atoms with Crippen LogP contribution in [0.3, 0.4) is 0 Å². The third kappa shape index (κ3) is 3.67. The summed E-state index contributed by atoms with van der Waals surface area (Å²) >= 11 is 0. The first-order valence-corrected chi connectivity index (χ1v) is 7.98. The van der Waals surface area contributed by atoms with E-state index < -0.39 is 11.6 Å². The van der Waals surface area contributed by atoms with Crippen molar-refractivity contribution >= 4 is 17.5 Å². The minimum atomic E-state index is -0.747. The number of carbonyl (C=O) groups excluding carboxylic acids is 1. The van der Waals surface area contributed by atoms with Crippen molar-refractivity contribution in [3.8, 4) is 0 Å². The van der Waals surface area contributed by atoms with Crippen molar-refractivity contribution in [1.82, 2.24) is 14.9 Å². The summed E-state index contributed by atoms with van der Waals surface area (Å²) in [6.45, 7) is 1.40. The van der Waals surface area contributed by atoms with Crippen LogP contribution in [0.4, 0.5) is 20.4 Å². The molecule has 7 heteroatoms. The molecule has 1 aromatic carbocycles. The van der Waals surface area contributed by atoms with Crippen molar-refractivity contribution in [2.75, 3.05) is 18.4 Å². The summed E-state index contributed by atoms with van der Waals surface area (Å²) in [6, 6.07) is 5.06. The van der Waals surface area contributed by atoms with Crippen molar-refractivity contribution in [2.45, 2.75) is 25.7 Å². The maximum atomic E-state index is 13.7. The van der Waals surface area contributed by atoms with Crippen molar-refractivity contribution in [2.24, 2.45) is 0 Å². The van der Waals surface area contributed by atoms with Gasteiger partial charge >= 0.3 is 0 Å². The molecule has 3 rings (SSSR count). The Morgan fingerprint density at radius 2 is 1.71 bits per heavy atom. The maximum Gasteiger partial charge on any atom is 0.272 e. The highest BCUT2D eigenvalue weighted by Gasteiger charge is 2.19. The largest absolute Gasteiger partial charge is 0.337 e. The van der Waals surface area contributed by atoms with Gasteiger partial charge in [0.25, 0.3) is 5.91 Å². The highest BCUT2D eigenvalue weighted by atomic mass is 19.1. The second-order valence-electron chi connectivity index (χ2n) is 5.69. The zero-order valence-electron chi connectivity index (χ0n) is 13.1. The summed E-state index contributed by atoms with van der Waals surface area (Å²) in [5.41, 5.74) is -0.122. The maximum absolute atomic E-state index is 13.7. The third-order valence-electron chi connectivity index (χ3n) is 3.97. The van der Waals surface area contributed by atoms with Crippen LogP contribution in [-0.4, -0.2) is 33.9 Å². The van der Waals surface area contributed by atoms with E-state index in [1.165, 1.54) is 18.3 Å². The first-order valence-electron chi connectivity index (χ1n) is 7.98. The fourth-order valence-electron chi connectivity index (χ4n) is 2.70. The van der Waals surface area contributed by atoms with E-state index in [-0.39, 0.29) is 23.2 Å². The van der Waals surface area contributed by atoms with Gasteiger partial charge in [-0.05, 0) is 31.0 Å². The minimum Gasteiger partial charge on any atom is -0.337 e. The van der Waals surface area contributed by atoms with Gasteiger partial charge in [0.15, 0.2) is 0 Å². The number of hydrogen-bond donors (Lipinski definition) is 1. The molecule has 1 aromatic heterocycles. The molecule has 5 nitrogen and oxygen atoms in total. The van der Waals surface area contributed by atoms with E-state index in [1.807, 2.05) is 0 Å². The number of halogens is 2. The highest BCUT2D eigenvalue weighted by molar-refractivity contribution is 5.92. The number of hydrogen-bond acceptors (Lipinski definition) is 4. The smallest absolute Gasteiger partial charge is 0.272 e. The molecule has 0 atom stereocenters. The number of nitrogens with one attached hydrogen (secondary N) is 1. The van der Waals surface area contributed by atoms with Gasteiger partial charge in [-0.25, -0.2) is 18.7 Å². The van der Waals surface area contributed by atoms with Crippen molar-refractivity contribution in [3.05, 3.63) is 47.8 Å². The topological polar surface area (TPSA) is 58.1 Å². The molecule has 0 spiro atoms. The van der Waals surface area contributed by atoms with E-state index in [4.69, 9.17) is 0 Å². The Kier molecular flexibility index (Phi) is 4.98. The normalized spacial score (nSPS) is 15.0. The summed E-state index contributed by atoms with van der Waals surface area (Å²) in [7, 11) is 0. The summed E-state index contributed by atoms with van der Waals surface area (Å²) in [6.07, 6.45) is 5.59. The molecule has 2 heterocycles. The second-order valence-corrected chi connectivity index (χ2v) is 5.69. The van der Waals surface area contributed by atoms with Gasteiger partial charge in [0.1, 0.15) is 23.0 Å². The third-order valence-corrected chi connectivity index (χ3v) is 3.97. The van der Waals surface area contributed by atoms with Crippen LogP contribution >= 0.6 is 0 Å². The molecule has 0 aliphatic carbocycles. The molecule has 1 saturated heterocycles. The monoisotopic (exact) mass is 332 g/mol. The lowest BCUT2D eigenvalue weighted by Crippen LogP contribution is -2.32. The average molecular weight is 332 g/mol.